The number of benzene rings is 1. The van der Waals surface area contributed by atoms with E-state index >= 15 is 0 Å². The van der Waals surface area contributed by atoms with Crippen molar-refractivity contribution in [1.82, 2.24) is 0 Å². The molecule has 1 amide bonds. The van der Waals surface area contributed by atoms with Crippen LogP contribution in [0.2, 0.25) is 0 Å². The molecule has 0 saturated heterocycles. The summed E-state index contributed by atoms with van der Waals surface area (Å²) in [7, 11) is 0. The van der Waals surface area contributed by atoms with Gasteiger partial charge in [-0.1, -0.05) is 12.8 Å². The lowest BCUT2D eigenvalue weighted by molar-refractivity contribution is -0.117. The average molecular weight is 313 g/mol. The van der Waals surface area contributed by atoms with Crippen LogP contribution in [0, 0.1) is 5.92 Å². The van der Waals surface area contributed by atoms with Crippen molar-refractivity contribution in [3.05, 3.63) is 18.2 Å². The molecule has 1 saturated carbocycles. The highest BCUT2D eigenvalue weighted by Gasteiger charge is 2.24. The Morgan fingerprint density at radius 3 is 2.81 bits per heavy atom. The Balaban J connectivity index is 0.00000161. The zero-order valence-electron chi connectivity index (χ0n) is 11.8. The lowest BCUT2D eigenvalue weighted by Gasteiger charge is -2.27. The molecule has 1 heterocycles. The number of hydrogen-bond donors (Lipinski definition) is 2. The predicted molar refractivity (Wildman–Crippen MR) is 83.0 cm³/mol. The number of rotatable bonds is 3. The van der Waals surface area contributed by atoms with Gasteiger partial charge in [-0.25, -0.2) is 0 Å². The fourth-order valence-corrected chi connectivity index (χ4v) is 2.91. The lowest BCUT2D eigenvalue weighted by Crippen LogP contribution is -2.35. The van der Waals surface area contributed by atoms with E-state index in [4.69, 9.17) is 15.2 Å². The van der Waals surface area contributed by atoms with Crippen LogP contribution in [-0.2, 0) is 4.79 Å². The van der Waals surface area contributed by atoms with Crippen molar-refractivity contribution >= 4 is 24.0 Å². The second kappa shape index (κ2) is 7.00. The second-order valence-electron chi connectivity index (χ2n) is 5.53. The summed E-state index contributed by atoms with van der Waals surface area (Å²) in [6.07, 6.45) is 4.93. The molecule has 116 valence electrons. The van der Waals surface area contributed by atoms with Crippen LogP contribution in [0.3, 0.4) is 0 Å². The van der Waals surface area contributed by atoms with Crippen molar-refractivity contribution < 1.29 is 14.3 Å². The van der Waals surface area contributed by atoms with Gasteiger partial charge in [0, 0.05) is 24.2 Å². The molecule has 2 unspecified atom stereocenters. The Bertz CT molecular complexity index is 510. The summed E-state index contributed by atoms with van der Waals surface area (Å²) in [5, 5.41) is 2.91. The maximum atomic E-state index is 12.1. The number of carbonyl (C=O) groups excluding carboxylic acids is 1. The molecule has 5 nitrogen and oxygen atoms in total. The number of anilines is 1. The first kappa shape index (κ1) is 15.9. The third kappa shape index (κ3) is 3.80. The van der Waals surface area contributed by atoms with Gasteiger partial charge >= 0.3 is 0 Å². The number of ether oxygens (including phenoxy) is 2. The van der Waals surface area contributed by atoms with E-state index in [1.807, 2.05) is 12.1 Å². The van der Waals surface area contributed by atoms with Gasteiger partial charge in [0.2, 0.25) is 12.7 Å². The third-order valence-electron chi connectivity index (χ3n) is 4.07. The van der Waals surface area contributed by atoms with Crippen molar-refractivity contribution in [1.29, 1.82) is 0 Å². The van der Waals surface area contributed by atoms with Gasteiger partial charge in [0.25, 0.3) is 0 Å². The molecule has 1 fully saturated rings. The summed E-state index contributed by atoms with van der Waals surface area (Å²) in [5.41, 5.74) is 6.82. The van der Waals surface area contributed by atoms with Gasteiger partial charge in [-0.2, -0.15) is 0 Å². The fourth-order valence-electron chi connectivity index (χ4n) is 2.91. The highest BCUT2D eigenvalue weighted by molar-refractivity contribution is 5.91. The molecular formula is C15H21ClN2O3. The quantitative estimate of drug-likeness (QED) is 0.900. The third-order valence-corrected chi connectivity index (χ3v) is 4.07. The first-order chi connectivity index (χ1) is 9.72. The summed E-state index contributed by atoms with van der Waals surface area (Å²) in [6.45, 7) is 0.240. The Morgan fingerprint density at radius 2 is 2.00 bits per heavy atom. The van der Waals surface area contributed by atoms with Gasteiger partial charge < -0.3 is 20.5 Å². The Kier molecular flexibility index (Phi) is 5.31. The summed E-state index contributed by atoms with van der Waals surface area (Å²) >= 11 is 0. The SMILES string of the molecule is Cl.NC1CCCCC1CC(=O)Nc1ccc2c(c1)OCO2. The van der Waals surface area contributed by atoms with Crippen molar-refractivity contribution in [2.45, 2.75) is 38.1 Å². The number of nitrogens with one attached hydrogen (secondary N) is 1. The molecule has 0 spiro atoms. The molecule has 1 aliphatic carbocycles. The smallest absolute Gasteiger partial charge is 0.231 e. The van der Waals surface area contributed by atoms with Crippen LogP contribution in [0.15, 0.2) is 18.2 Å². The molecule has 3 N–H and O–H groups in total. The van der Waals surface area contributed by atoms with Crippen molar-refractivity contribution in [2.24, 2.45) is 11.7 Å². The summed E-state index contributed by atoms with van der Waals surface area (Å²) in [6, 6.07) is 5.59. The molecular weight excluding hydrogens is 292 g/mol. The predicted octanol–water partition coefficient (Wildman–Crippen LogP) is 2.68. The van der Waals surface area contributed by atoms with E-state index in [1.165, 1.54) is 12.8 Å². The average Bonchev–Trinajstić information content (AvgIpc) is 2.89. The van der Waals surface area contributed by atoms with Crippen molar-refractivity contribution in [3.63, 3.8) is 0 Å². The van der Waals surface area contributed by atoms with Gasteiger partial charge in [0.1, 0.15) is 0 Å². The van der Waals surface area contributed by atoms with E-state index in [9.17, 15) is 4.79 Å². The van der Waals surface area contributed by atoms with E-state index in [1.54, 1.807) is 6.07 Å². The number of nitrogens with two attached hydrogens (primary N) is 1. The molecule has 0 aromatic heterocycles. The summed E-state index contributed by atoms with van der Waals surface area (Å²) in [4.78, 5) is 12.1. The minimum Gasteiger partial charge on any atom is -0.454 e. The van der Waals surface area contributed by atoms with Crippen LogP contribution in [0.5, 0.6) is 11.5 Å². The minimum atomic E-state index is 0. The van der Waals surface area contributed by atoms with Crippen LogP contribution in [0.25, 0.3) is 0 Å². The molecule has 3 rings (SSSR count). The standard InChI is InChI=1S/C15H20N2O3.ClH/c16-12-4-2-1-3-10(12)7-15(18)17-11-5-6-13-14(8-11)20-9-19-13;/h5-6,8,10,12H,1-4,7,9,16H2,(H,17,18);1H. The molecule has 2 aliphatic rings. The van der Waals surface area contributed by atoms with Gasteiger partial charge in [0.05, 0.1) is 0 Å². The molecule has 6 heteroatoms. The molecule has 21 heavy (non-hydrogen) atoms. The van der Waals surface area contributed by atoms with Crippen LogP contribution >= 0.6 is 12.4 Å². The van der Waals surface area contributed by atoms with E-state index < -0.39 is 0 Å². The highest BCUT2D eigenvalue weighted by Crippen LogP contribution is 2.34. The van der Waals surface area contributed by atoms with Gasteiger partial charge in [-0.15, -0.1) is 12.4 Å². The molecule has 1 aromatic rings. The van der Waals surface area contributed by atoms with Crippen molar-refractivity contribution in [2.75, 3.05) is 12.1 Å². The van der Waals surface area contributed by atoms with Crippen LogP contribution < -0.4 is 20.5 Å². The molecule has 2 atom stereocenters. The zero-order valence-corrected chi connectivity index (χ0v) is 12.7. The fraction of sp³-hybridized carbons (Fsp3) is 0.533. The summed E-state index contributed by atoms with van der Waals surface area (Å²) in [5.74, 6) is 1.72. The number of halogens is 1. The molecule has 0 radical (unpaired) electrons. The Labute approximate surface area is 130 Å². The van der Waals surface area contributed by atoms with Gasteiger partial charge in [-0.3, -0.25) is 4.79 Å². The van der Waals surface area contributed by atoms with E-state index in [0.29, 0.717) is 18.1 Å². The number of amides is 1. The topological polar surface area (TPSA) is 73.6 Å². The van der Waals surface area contributed by atoms with Gasteiger partial charge in [-0.05, 0) is 30.9 Å². The van der Waals surface area contributed by atoms with Gasteiger partial charge in [0.15, 0.2) is 11.5 Å². The van der Waals surface area contributed by atoms with E-state index in [2.05, 4.69) is 5.32 Å². The number of fused-ring (bicyclic) bond motifs is 1. The molecule has 1 aliphatic heterocycles. The second-order valence-corrected chi connectivity index (χ2v) is 5.53. The number of hydrogen-bond acceptors (Lipinski definition) is 4. The largest absolute Gasteiger partial charge is 0.454 e. The van der Waals surface area contributed by atoms with Crippen LogP contribution in [-0.4, -0.2) is 18.7 Å². The van der Waals surface area contributed by atoms with Crippen molar-refractivity contribution in [3.8, 4) is 11.5 Å². The van der Waals surface area contributed by atoms with E-state index in [-0.39, 0.29) is 31.1 Å². The highest BCUT2D eigenvalue weighted by atomic mass is 35.5. The number of carbonyl (C=O) groups is 1. The first-order valence-electron chi connectivity index (χ1n) is 7.17. The normalized spacial score (nSPS) is 23.3. The van der Waals surface area contributed by atoms with Crippen LogP contribution in [0.4, 0.5) is 5.69 Å². The maximum absolute atomic E-state index is 12.1. The maximum Gasteiger partial charge on any atom is 0.231 e. The Hall–Kier alpha value is -1.46. The monoisotopic (exact) mass is 312 g/mol. The first-order valence-corrected chi connectivity index (χ1v) is 7.17. The summed E-state index contributed by atoms with van der Waals surface area (Å²) < 4.78 is 10.5. The van der Waals surface area contributed by atoms with Crippen LogP contribution in [0.1, 0.15) is 32.1 Å². The Morgan fingerprint density at radius 1 is 1.24 bits per heavy atom. The molecule has 1 aromatic carbocycles. The lowest BCUT2D eigenvalue weighted by atomic mass is 9.83. The molecule has 0 bridgehead atoms. The van der Waals surface area contributed by atoms with E-state index in [0.717, 1.165) is 24.3 Å². The minimum absolute atomic E-state index is 0. The zero-order chi connectivity index (χ0) is 13.9.